The van der Waals surface area contributed by atoms with Crippen LogP contribution >= 0.6 is 11.8 Å². The Morgan fingerprint density at radius 1 is 1.50 bits per heavy atom. The molecule has 1 atom stereocenters. The Bertz CT molecular complexity index is 439. The third kappa shape index (κ3) is 4.70. The first kappa shape index (κ1) is 14.4. The van der Waals surface area contributed by atoms with Gasteiger partial charge in [-0.3, -0.25) is 4.79 Å². The van der Waals surface area contributed by atoms with Crippen molar-refractivity contribution in [1.82, 2.24) is 15.3 Å². The van der Waals surface area contributed by atoms with Crippen LogP contribution in [0.3, 0.4) is 0 Å². The molecule has 1 amide bonds. The van der Waals surface area contributed by atoms with Crippen LogP contribution < -0.4 is 5.32 Å². The quantitative estimate of drug-likeness (QED) is 0.584. The Labute approximate surface area is 109 Å². The number of carbonyl (C=O) groups excluding carboxylic acids is 1. The Morgan fingerprint density at radius 3 is 2.78 bits per heavy atom. The Hall–Kier alpha value is -1.63. The highest BCUT2D eigenvalue weighted by molar-refractivity contribution is 7.99. The lowest BCUT2D eigenvalue weighted by molar-refractivity contribution is -0.140. The van der Waals surface area contributed by atoms with E-state index < -0.39 is 12.0 Å². The second kappa shape index (κ2) is 6.95. The molecule has 0 spiro atoms. The molecule has 0 saturated carbocycles. The number of aromatic nitrogens is 2. The number of rotatable bonds is 6. The molecule has 0 saturated heterocycles. The summed E-state index contributed by atoms with van der Waals surface area (Å²) in [4.78, 5) is 29.9. The van der Waals surface area contributed by atoms with Gasteiger partial charge >= 0.3 is 5.97 Å². The maximum Gasteiger partial charge on any atom is 0.327 e. The number of hydrogen-bond donors (Lipinski definition) is 2. The van der Waals surface area contributed by atoms with Crippen LogP contribution in [0.2, 0.25) is 0 Å². The number of nitrogens with one attached hydrogen (secondary N) is 1. The minimum Gasteiger partial charge on any atom is -0.480 e. The van der Waals surface area contributed by atoms with Crippen molar-refractivity contribution in [2.24, 2.45) is 0 Å². The highest BCUT2D eigenvalue weighted by Gasteiger charge is 2.18. The van der Waals surface area contributed by atoms with Gasteiger partial charge in [-0.1, -0.05) is 6.92 Å². The highest BCUT2D eigenvalue weighted by Crippen LogP contribution is 2.16. The zero-order valence-corrected chi connectivity index (χ0v) is 11.0. The first-order valence-electron chi connectivity index (χ1n) is 5.46. The van der Waals surface area contributed by atoms with E-state index in [1.54, 1.807) is 0 Å². The maximum absolute atomic E-state index is 10.9. The summed E-state index contributed by atoms with van der Waals surface area (Å²) in [7, 11) is 0. The molecule has 0 bridgehead atoms. The minimum absolute atomic E-state index is 0.231. The molecule has 0 radical (unpaired) electrons. The van der Waals surface area contributed by atoms with Crippen LogP contribution in [0.1, 0.15) is 19.5 Å². The molecule has 1 aromatic rings. The van der Waals surface area contributed by atoms with E-state index >= 15 is 0 Å². The third-order valence-electron chi connectivity index (χ3n) is 2.13. The molecular formula is C11H15N3O3S. The average Bonchev–Trinajstić information content (AvgIpc) is 2.34. The van der Waals surface area contributed by atoms with Crippen molar-refractivity contribution in [3.8, 4) is 0 Å². The first-order chi connectivity index (χ1) is 8.52. The third-order valence-corrected chi connectivity index (χ3v) is 3.15. The summed E-state index contributed by atoms with van der Waals surface area (Å²) in [5.74, 6) is -1.18. The molecule has 7 heteroatoms. The SMILES string of the molecule is CCc1cc(SC[C@H](NC(C)=O)C(=O)O)ncn1. The van der Waals surface area contributed by atoms with Crippen molar-refractivity contribution < 1.29 is 14.7 Å². The summed E-state index contributed by atoms with van der Waals surface area (Å²) in [6, 6.07) is 0.907. The molecule has 0 fully saturated rings. The Kier molecular flexibility index (Phi) is 5.57. The second-order valence-corrected chi connectivity index (χ2v) is 4.64. The zero-order valence-electron chi connectivity index (χ0n) is 10.2. The van der Waals surface area contributed by atoms with Gasteiger partial charge in [-0.2, -0.15) is 0 Å². The molecule has 0 aliphatic carbocycles. The van der Waals surface area contributed by atoms with Crippen LogP contribution in [0.4, 0.5) is 0 Å². The van der Waals surface area contributed by atoms with Gasteiger partial charge < -0.3 is 10.4 Å². The number of hydrogen-bond acceptors (Lipinski definition) is 5. The van der Waals surface area contributed by atoms with Crippen LogP contribution in [0, 0.1) is 0 Å². The van der Waals surface area contributed by atoms with E-state index in [2.05, 4.69) is 15.3 Å². The lowest BCUT2D eigenvalue weighted by Gasteiger charge is -2.12. The van der Waals surface area contributed by atoms with Crippen LogP contribution in [0.5, 0.6) is 0 Å². The summed E-state index contributed by atoms with van der Waals surface area (Å²) in [6.07, 6.45) is 2.25. The largest absolute Gasteiger partial charge is 0.480 e. The predicted octanol–water partition coefficient (Wildman–Crippen LogP) is 0.720. The van der Waals surface area contributed by atoms with E-state index in [-0.39, 0.29) is 11.7 Å². The van der Waals surface area contributed by atoms with Gasteiger partial charge in [0.25, 0.3) is 0 Å². The summed E-state index contributed by atoms with van der Waals surface area (Å²) in [6.45, 7) is 3.27. The number of carboxylic acids is 1. The van der Waals surface area contributed by atoms with Crippen molar-refractivity contribution in [2.45, 2.75) is 31.3 Å². The van der Waals surface area contributed by atoms with Crippen molar-refractivity contribution in [2.75, 3.05) is 5.75 Å². The van der Waals surface area contributed by atoms with Crippen molar-refractivity contribution in [3.63, 3.8) is 0 Å². The molecule has 1 aromatic heterocycles. The molecule has 0 unspecified atom stereocenters. The van der Waals surface area contributed by atoms with E-state index in [0.717, 1.165) is 12.1 Å². The number of carboxylic acid groups (broad SMARTS) is 1. The molecular weight excluding hydrogens is 254 g/mol. The summed E-state index contributed by atoms with van der Waals surface area (Å²) >= 11 is 1.28. The first-order valence-corrected chi connectivity index (χ1v) is 6.45. The van der Waals surface area contributed by atoms with Crippen LogP contribution in [-0.2, 0) is 16.0 Å². The molecule has 1 rings (SSSR count). The highest BCUT2D eigenvalue weighted by atomic mass is 32.2. The van der Waals surface area contributed by atoms with Crippen LogP contribution in [0.15, 0.2) is 17.4 Å². The molecule has 0 aliphatic rings. The Morgan fingerprint density at radius 2 is 2.22 bits per heavy atom. The molecule has 98 valence electrons. The van der Waals surface area contributed by atoms with Crippen molar-refractivity contribution in [1.29, 1.82) is 0 Å². The topological polar surface area (TPSA) is 92.2 Å². The van der Waals surface area contributed by atoms with Gasteiger partial charge in [0, 0.05) is 18.4 Å². The van der Waals surface area contributed by atoms with Gasteiger partial charge in [-0.15, -0.1) is 11.8 Å². The van der Waals surface area contributed by atoms with Gasteiger partial charge in [0.1, 0.15) is 12.4 Å². The fourth-order valence-corrected chi connectivity index (χ4v) is 2.14. The molecule has 0 aliphatic heterocycles. The lowest BCUT2D eigenvalue weighted by atomic mass is 10.3. The number of nitrogens with zero attached hydrogens (tertiary/aromatic N) is 2. The van der Waals surface area contributed by atoms with E-state index in [9.17, 15) is 9.59 Å². The van der Waals surface area contributed by atoms with Crippen molar-refractivity contribution in [3.05, 3.63) is 18.1 Å². The van der Waals surface area contributed by atoms with E-state index in [1.807, 2.05) is 13.0 Å². The van der Waals surface area contributed by atoms with Gasteiger partial charge in [-0.05, 0) is 12.5 Å². The Balaban J connectivity index is 2.60. The van der Waals surface area contributed by atoms with Gasteiger partial charge in [0.2, 0.25) is 5.91 Å². The zero-order chi connectivity index (χ0) is 13.5. The van der Waals surface area contributed by atoms with Crippen molar-refractivity contribution >= 4 is 23.6 Å². The number of amides is 1. The monoisotopic (exact) mass is 269 g/mol. The van der Waals surface area contributed by atoms with E-state index in [4.69, 9.17) is 5.11 Å². The molecule has 1 heterocycles. The maximum atomic E-state index is 10.9. The van der Waals surface area contributed by atoms with Crippen LogP contribution in [0.25, 0.3) is 0 Å². The van der Waals surface area contributed by atoms with Gasteiger partial charge in [0.15, 0.2) is 0 Å². The van der Waals surface area contributed by atoms with Crippen LogP contribution in [-0.4, -0.2) is 38.7 Å². The second-order valence-electron chi connectivity index (χ2n) is 3.60. The smallest absolute Gasteiger partial charge is 0.327 e. The normalized spacial score (nSPS) is 11.9. The predicted molar refractivity (Wildman–Crippen MR) is 67.4 cm³/mol. The van der Waals surface area contributed by atoms with Gasteiger partial charge in [-0.25, -0.2) is 14.8 Å². The number of thioether (sulfide) groups is 1. The summed E-state index contributed by atoms with van der Waals surface area (Å²) < 4.78 is 0. The number of aryl methyl sites for hydroxylation is 1. The fraction of sp³-hybridized carbons (Fsp3) is 0.455. The standard InChI is InChI=1S/C11H15N3O3S/c1-3-8-4-10(13-6-12-8)18-5-9(11(16)17)14-7(2)15/h4,6,9H,3,5H2,1-2H3,(H,14,15)(H,16,17)/t9-/m0/s1. The number of carbonyl (C=O) groups is 2. The molecule has 2 N–H and O–H groups in total. The average molecular weight is 269 g/mol. The fourth-order valence-electron chi connectivity index (χ4n) is 1.24. The minimum atomic E-state index is -1.05. The molecule has 18 heavy (non-hydrogen) atoms. The van der Waals surface area contributed by atoms with Gasteiger partial charge in [0.05, 0.1) is 5.03 Å². The summed E-state index contributed by atoms with van der Waals surface area (Å²) in [5.41, 5.74) is 0.902. The summed E-state index contributed by atoms with van der Waals surface area (Å²) in [5, 5.41) is 12.0. The number of aliphatic carboxylic acids is 1. The van der Waals surface area contributed by atoms with E-state index in [1.165, 1.54) is 25.0 Å². The van der Waals surface area contributed by atoms with E-state index in [0.29, 0.717) is 5.03 Å². The molecule has 6 nitrogen and oxygen atoms in total. The molecule has 0 aromatic carbocycles. The lowest BCUT2D eigenvalue weighted by Crippen LogP contribution is -2.41.